The van der Waals surface area contributed by atoms with Crippen molar-refractivity contribution in [2.45, 2.75) is 37.8 Å². The number of aromatic nitrogens is 3. The van der Waals surface area contributed by atoms with E-state index in [1.807, 2.05) is 18.3 Å². The van der Waals surface area contributed by atoms with E-state index in [0.717, 1.165) is 35.0 Å². The van der Waals surface area contributed by atoms with Gasteiger partial charge in [-0.3, -0.25) is 4.79 Å². The Labute approximate surface area is 189 Å². The van der Waals surface area contributed by atoms with Crippen LogP contribution in [0, 0.1) is 5.92 Å². The number of aryl methyl sites for hydroxylation is 1. The first-order chi connectivity index (χ1) is 15.1. The van der Waals surface area contributed by atoms with Gasteiger partial charge < -0.3 is 16.0 Å². The fourth-order valence-corrected chi connectivity index (χ4v) is 6.40. The first kappa shape index (κ1) is 20.3. The fraction of sp³-hybridized carbons (Fsp3) is 0.348. The quantitative estimate of drug-likeness (QED) is 0.299. The van der Waals surface area contributed by atoms with Crippen LogP contribution >= 0.6 is 23.1 Å². The number of nitrogen functional groups attached to an aromatic ring is 1. The number of carbonyl (C=O) groups excluding carboxylic acids is 1. The molecule has 1 atom stereocenters. The van der Waals surface area contributed by atoms with E-state index in [4.69, 9.17) is 10.7 Å². The second-order valence-corrected chi connectivity index (χ2v) is 10.2. The number of fused-ring (bicyclic) bond motifs is 4. The molecule has 1 amide bonds. The lowest BCUT2D eigenvalue weighted by Gasteiger charge is -2.17. The average Bonchev–Trinajstić information content (AvgIpc) is 3.33. The van der Waals surface area contributed by atoms with Crippen molar-refractivity contribution in [3.63, 3.8) is 0 Å². The summed E-state index contributed by atoms with van der Waals surface area (Å²) in [5.41, 5.74) is 9.95. The van der Waals surface area contributed by atoms with Crippen LogP contribution in [0.5, 0.6) is 0 Å². The number of para-hydroxylation sites is 1. The van der Waals surface area contributed by atoms with Gasteiger partial charge in [-0.25, -0.2) is 9.97 Å². The minimum Gasteiger partial charge on any atom is -0.383 e. The van der Waals surface area contributed by atoms with E-state index in [9.17, 15) is 4.79 Å². The molecular formula is C23H25N5OS2. The molecule has 1 aliphatic carbocycles. The van der Waals surface area contributed by atoms with Gasteiger partial charge in [0.05, 0.1) is 11.1 Å². The van der Waals surface area contributed by atoms with Gasteiger partial charge in [0.2, 0.25) is 5.91 Å². The van der Waals surface area contributed by atoms with Crippen LogP contribution < -0.4 is 11.1 Å². The summed E-state index contributed by atoms with van der Waals surface area (Å²) < 4.78 is 0. The number of H-pyrrole nitrogens is 1. The van der Waals surface area contributed by atoms with E-state index in [2.05, 4.69) is 34.3 Å². The van der Waals surface area contributed by atoms with Crippen LogP contribution in [0.4, 0.5) is 5.82 Å². The van der Waals surface area contributed by atoms with Crippen molar-refractivity contribution in [2.24, 2.45) is 5.92 Å². The second-order valence-electron chi connectivity index (χ2n) is 8.17. The lowest BCUT2D eigenvalue weighted by molar-refractivity contribution is -0.118. The summed E-state index contributed by atoms with van der Waals surface area (Å²) in [5.74, 6) is 1.50. The zero-order chi connectivity index (χ0) is 21.4. The maximum atomic E-state index is 12.3. The van der Waals surface area contributed by atoms with Crippen LogP contribution in [0.1, 0.15) is 29.3 Å². The van der Waals surface area contributed by atoms with Crippen LogP contribution in [-0.4, -0.2) is 33.2 Å². The molecular weight excluding hydrogens is 426 g/mol. The smallest absolute Gasteiger partial charge is 0.230 e. The number of benzene rings is 1. The first-order valence-electron chi connectivity index (χ1n) is 10.6. The molecule has 0 radical (unpaired) electrons. The standard InChI is InChI=1S/C23H25N5OS2/c1-13-6-7-16-18(10-13)31-22-20(16)21(24)27-23(28-22)30-12-19(29)25-9-8-14-11-26-17-5-3-2-4-15(14)17/h2-5,11,13,26H,6-10,12H2,1H3,(H,25,29)(H2,24,27,28). The molecule has 0 fully saturated rings. The Balaban J connectivity index is 1.19. The van der Waals surface area contributed by atoms with Gasteiger partial charge in [0, 0.05) is 28.5 Å². The number of nitrogens with zero attached hydrogens (tertiary/aromatic N) is 2. The summed E-state index contributed by atoms with van der Waals surface area (Å²) in [6, 6.07) is 8.20. The van der Waals surface area contributed by atoms with Crippen molar-refractivity contribution in [2.75, 3.05) is 18.0 Å². The molecule has 3 heterocycles. The summed E-state index contributed by atoms with van der Waals surface area (Å²) in [4.78, 5) is 27.1. The Morgan fingerprint density at radius 3 is 3.13 bits per heavy atom. The summed E-state index contributed by atoms with van der Waals surface area (Å²) in [7, 11) is 0. The second kappa shape index (κ2) is 8.51. The van der Waals surface area contributed by atoms with Crippen LogP contribution in [0.2, 0.25) is 0 Å². The number of rotatable bonds is 6. The van der Waals surface area contributed by atoms with Crippen molar-refractivity contribution < 1.29 is 4.79 Å². The van der Waals surface area contributed by atoms with Crippen molar-refractivity contribution >= 4 is 55.9 Å². The third-order valence-corrected chi connectivity index (χ3v) is 7.88. The van der Waals surface area contributed by atoms with E-state index in [-0.39, 0.29) is 11.7 Å². The zero-order valence-electron chi connectivity index (χ0n) is 17.4. The Kier molecular flexibility index (Phi) is 5.58. The largest absolute Gasteiger partial charge is 0.383 e. The van der Waals surface area contributed by atoms with Crippen molar-refractivity contribution in [3.8, 4) is 0 Å². The number of anilines is 1. The highest BCUT2D eigenvalue weighted by atomic mass is 32.2. The third kappa shape index (κ3) is 4.14. The highest BCUT2D eigenvalue weighted by Gasteiger charge is 2.23. The molecule has 1 unspecified atom stereocenters. The number of nitrogens with one attached hydrogen (secondary N) is 2. The summed E-state index contributed by atoms with van der Waals surface area (Å²) in [6.45, 7) is 2.89. The maximum Gasteiger partial charge on any atom is 0.230 e. The molecule has 0 saturated heterocycles. The zero-order valence-corrected chi connectivity index (χ0v) is 19.0. The number of carbonyl (C=O) groups is 1. The molecule has 5 rings (SSSR count). The fourth-order valence-electron chi connectivity index (χ4n) is 4.27. The van der Waals surface area contributed by atoms with Crippen molar-refractivity contribution in [1.29, 1.82) is 0 Å². The number of hydrogen-bond donors (Lipinski definition) is 3. The molecule has 0 bridgehead atoms. The SMILES string of the molecule is CC1CCc2c(sc3nc(SCC(=O)NCCc4c[nH]c5ccccc45)nc(N)c23)C1. The van der Waals surface area contributed by atoms with Crippen LogP contribution in [-0.2, 0) is 24.1 Å². The molecule has 3 aromatic heterocycles. The first-order valence-corrected chi connectivity index (χ1v) is 12.4. The van der Waals surface area contributed by atoms with Gasteiger partial charge in [-0.05, 0) is 48.8 Å². The molecule has 4 N–H and O–H groups in total. The minimum absolute atomic E-state index is 0.0218. The van der Waals surface area contributed by atoms with E-state index >= 15 is 0 Å². The third-order valence-electron chi connectivity index (χ3n) is 5.89. The number of amides is 1. The molecule has 8 heteroatoms. The monoisotopic (exact) mass is 451 g/mol. The average molecular weight is 452 g/mol. The van der Waals surface area contributed by atoms with Crippen molar-refractivity contribution in [3.05, 3.63) is 46.5 Å². The highest BCUT2D eigenvalue weighted by molar-refractivity contribution is 7.99. The van der Waals surface area contributed by atoms with Crippen LogP contribution in [0.25, 0.3) is 21.1 Å². The van der Waals surface area contributed by atoms with Gasteiger partial charge in [0.25, 0.3) is 0 Å². The molecule has 0 aliphatic heterocycles. The van der Waals surface area contributed by atoms with Crippen LogP contribution in [0.3, 0.4) is 0 Å². The van der Waals surface area contributed by atoms with Gasteiger partial charge in [-0.15, -0.1) is 11.3 Å². The van der Waals surface area contributed by atoms with E-state index < -0.39 is 0 Å². The van der Waals surface area contributed by atoms with Crippen LogP contribution in [0.15, 0.2) is 35.6 Å². The summed E-state index contributed by atoms with van der Waals surface area (Å²) in [6.07, 6.45) is 6.13. The Morgan fingerprint density at radius 1 is 1.35 bits per heavy atom. The number of thiophene rings is 1. The van der Waals surface area contributed by atoms with Gasteiger partial charge in [0.1, 0.15) is 10.6 Å². The summed E-state index contributed by atoms with van der Waals surface area (Å²) in [5, 5.41) is 5.80. The van der Waals surface area contributed by atoms with Crippen molar-refractivity contribution in [1.82, 2.24) is 20.3 Å². The van der Waals surface area contributed by atoms with Gasteiger partial charge in [-0.2, -0.15) is 0 Å². The van der Waals surface area contributed by atoms with Gasteiger partial charge in [0.15, 0.2) is 5.16 Å². The van der Waals surface area contributed by atoms with E-state index in [1.165, 1.54) is 39.6 Å². The molecule has 1 aliphatic rings. The Hall–Kier alpha value is -2.58. The number of hydrogen-bond acceptors (Lipinski definition) is 6. The number of nitrogens with two attached hydrogens (primary N) is 1. The van der Waals surface area contributed by atoms with Gasteiger partial charge >= 0.3 is 0 Å². The lowest BCUT2D eigenvalue weighted by Crippen LogP contribution is -2.27. The molecule has 31 heavy (non-hydrogen) atoms. The topological polar surface area (TPSA) is 96.7 Å². The molecule has 0 saturated carbocycles. The molecule has 0 spiro atoms. The minimum atomic E-state index is -0.0218. The molecule has 6 nitrogen and oxygen atoms in total. The molecule has 4 aromatic rings. The number of thioether (sulfide) groups is 1. The van der Waals surface area contributed by atoms with E-state index in [0.29, 0.717) is 23.4 Å². The predicted octanol–water partition coefficient (Wildman–Crippen LogP) is 4.33. The van der Waals surface area contributed by atoms with E-state index in [1.54, 1.807) is 11.3 Å². The molecule has 1 aromatic carbocycles. The summed E-state index contributed by atoms with van der Waals surface area (Å²) >= 11 is 3.07. The van der Waals surface area contributed by atoms with Gasteiger partial charge in [-0.1, -0.05) is 36.9 Å². The maximum absolute atomic E-state index is 12.3. The number of aromatic amines is 1. The Bertz CT molecular complexity index is 1260. The lowest BCUT2D eigenvalue weighted by atomic mass is 9.89. The molecule has 160 valence electrons. The Morgan fingerprint density at radius 2 is 2.23 bits per heavy atom. The normalized spacial score (nSPS) is 16.0. The predicted molar refractivity (Wildman–Crippen MR) is 129 cm³/mol. The highest BCUT2D eigenvalue weighted by Crippen LogP contribution is 2.39.